The number of sulfone groups is 1. The van der Waals surface area contributed by atoms with Crippen LogP contribution in [0.5, 0.6) is 0 Å². The zero-order chi connectivity index (χ0) is 13.5. The van der Waals surface area contributed by atoms with Crippen molar-refractivity contribution in [2.75, 3.05) is 11.5 Å². The minimum atomic E-state index is -4.81. The Bertz CT molecular complexity index is 422. The zero-order valence-corrected chi connectivity index (χ0v) is 9.66. The summed E-state index contributed by atoms with van der Waals surface area (Å²) in [6.07, 6.45) is -4.19. The Hall–Kier alpha value is -0.860. The summed E-state index contributed by atoms with van der Waals surface area (Å²) in [5.74, 6) is -7.74. The van der Waals surface area contributed by atoms with E-state index in [4.69, 9.17) is 0 Å². The van der Waals surface area contributed by atoms with Crippen LogP contribution in [0.15, 0.2) is 0 Å². The third-order valence-electron chi connectivity index (χ3n) is 2.50. The molecule has 1 amide bonds. The Kier molecular flexibility index (Phi) is 3.43. The highest BCUT2D eigenvalue weighted by Crippen LogP contribution is 2.27. The van der Waals surface area contributed by atoms with Crippen molar-refractivity contribution >= 4 is 15.7 Å². The van der Waals surface area contributed by atoms with Gasteiger partial charge in [0.2, 0.25) is 0 Å². The van der Waals surface area contributed by atoms with Crippen molar-refractivity contribution in [2.24, 2.45) is 0 Å². The fourth-order valence-corrected chi connectivity index (χ4v) is 3.66. The second-order valence-corrected chi connectivity index (χ2v) is 6.46. The van der Waals surface area contributed by atoms with E-state index >= 15 is 0 Å². The van der Waals surface area contributed by atoms with Crippen molar-refractivity contribution in [3.8, 4) is 0 Å². The lowest BCUT2D eigenvalue weighted by molar-refractivity contribution is -0.171. The fourth-order valence-electron chi connectivity index (χ4n) is 1.57. The van der Waals surface area contributed by atoms with Gasteiger partial charge in [-0.15, -0.1) is 0 Å². The van der Waals surface area contributed by atoms with Gasteiger partial charge < -0.3 is 5.32 Å². The SMILES string of the molecule is CC1(NC(=O)C(F)(F)C(F)F)CCS(=O)(=O)C1. The normalized spacial score (nSPS) is 28.4. The van der Waals surface area contributed by atoms with Crippen molar-refractivity contribution in [1.82, 2.24) is 5.32 Å². The number of rotatable bonds is 3. The van der Waals surface area contributed by atoms with E-state index in [-0.39, 0.29) is 12.2 Å². The van der Waals surface area contributed by atoms with Crippen molar-refractivity contribution in [3.63, 3.8) is 0 Å². The Morgan fingerprint density at radius 3 is 2.29 bits per heavy atom. The maximum atomic E-state index is 12.6. The molecule has 0 radical (unpaired) electrons. The summed E-state index contributed by atoms with van der Waals surface area (Å²) in [4.78, 5) is 10.9. The Morgan fingerprint density at radius 2 is 1.94 bits per heavy atom. The first-order valence-electron chi connectivity index (χ1n) is 4.67. The number of hydrogen-bond donors (Lipinski definition) is 1. The Balaban J connectivity index is 2.77. The van der Waals surface area contributed by atoms with Crippen LogP contribution < -0.4 is 5.32 Å². The molecular formula is C8H11F4NO3S. The molecule has 1 rings (SSSR count). The number of carbonyl (C=O) groups excluding carboxylic acids is 1. The van der Waals surface area contributed by atoms with Crippen molar-refractivity contribution < 1.29 is 30.8 Å². The van der Waals surface area contributed by atoms with Crippen LogP contribution in [0.3, 0.4) is 0 Å². The van der Waals surface area contributed by atoms with E-state index in [2.05, 4.69) is 0 Å². The largest absolute Gasteiger partial charge is 0.383 e. The van der Waals surface area contributed by atoms with Crippen LogP contribution in [0.2, 0.25) is 0 Å². The van der Waals surface area contributed by atoms with Gasteiger partial charge in [-0.1, -0.05) is 0 Å². The van der Waals surface area contributed by atoms with Crippen LogP contribution in [0.25, 0.3) is 0 Å². The van der Waals surface area contributed by atoms with Gasteiger partial charge in [-0.2, -0.15) is 8.78 Å². The zero-order valence-electron chi connectivity index (χ0n) is 8.84. The van der Waals surface area contributed by atoms with Gasteiger partial charge in [-0.25, -0.2) is 17.2 Å². The molecule has 0 aromatic rings. The van der Waals surface area contributed by atoms with Crippen molar-refractivity contribution in [2.45, 2.75) is 31.2 Å². The van der Waals surface area contributed by atoms with Crippen LogP contribution in [-0.4, -0.2) is 43.7 Å². The average molecular weight is 277 g/mol. The summed E-state index contributed by atoms with van der Waals surface area (Å²) in [5, 5.41) is 1.68. The van der Waals surface area contributed by atoms with Crippen molar-refractivity contribution in [3.05, 3.63) is 0 Å². The Labute approximate surface area is 95.3 Å². The summed E-state index contributed by atoms with van der Waals surface area (Å²) in [7, 11) is -3.41. The molecule has 1 aliphatic rings. The third-order valence-corrected chi connectivity index (χ3v) is 4.40. The second-order valence-electron chi connectivity index (χ2n) is 4.28. The number of amides is 1. The first-order valence-corrected chi connectivity index (χ1v) is 6.50. The molecule has 17 heavy (non-hydrogen) atoms. The smallest absolute Gasteiger partial charge is 0.344 e. The van der Waals surface area contributed by atoms with Gasteiger partial charge in [-0.05, 0) is 13.3 Å². The molecule has 1 saturated heterocycles. The topological polar surface area (TPSA) is 63.2 Å². The second kappa shape index (κ2) is 4.11. The lowest BCUT2D eigenvalue weighted by atomic mass is 10.0. The van der Waals surface area contributed by atoms with E-state index in [0.29, 0.717) is 0 Å². The van der Waals surface area contributed by atoms with Crippen LogP contribution in [-0.2, 0) is 14.6 Å². The first-order chi connectivity index (χ1) is 7.49. The molecule has 100 valence electrons. The van der Waals surface area contributed by atoms with E-state index in [1.807, 2.05) is 0 Å². The molecule has 1 atom stereocenters. The Morgan fingerprint density at radius 1 is 1.41 bits per heavy atom. The predicted octanol–water partition coefficient (Wildman–Crippen LogP) is 0.580. The van der Waals surface area contributed by atoms with Crippen LogP contribution >= 0.6 is 0 Å². The molecule has 1 unspecified atom stereocenters. The molecule has 1 aliphatic heterocycles. The van der Waals surface area contributed by atoms with E-state index in [9.17, 15) is 30.8 Å². The first kappa shape index (κ1) is 14.2. The minimum Gasteiger partial charge on any atom is -0.344 e. The molecule has 1 fully saturated rings. The highest BCUT2D eigenvalue weighted by atomic mass is 32.2. The van der Waals surface area contributed by atoms with Gasteiger partial charge in [0.05, 0.1) is 17.0 Å². The summed E-state index contributed by atoms with van der Waals surface area (Å²) in [5.41, 5.74) is -1.41. The number of halogens is 4. The predicted molar refractivity (Wildman–Crippen MR) is 50.8 cm³/mol. The summed E-state index contributed by atoms with van der Waals surface area (Å²) in [6.45, 7) is 1.23. The molecule has 0 aromatic heterocycles. The van der Waals surface area contributed by atoms with Crippen LogP contribution in [0, 0.1) is 0 Å². The molecule has 0 saturated carbocycles. The molecule has 0 aliphatic carbocycles. The standard InChI is InChI=1S/C8H11F4NO3S/c1-7(2-3-17(15,16)4-7)13-6(14)8(11,12)5(9)10/h5H,2-4H2,1H3,(H,13,14). The van der Waals surface area contributed by atoms with E-state index < -0.39 is 39.4 Å². The van der Waals surface area contributed by atoms with Gasteiger partial charge in [0.1, 0.15) is 0 Å². The van der Waals surface area contributed by atoms with Crippen LogP contribution in [0.4, 0.5) is 17.6 Å². The average Bonchev–Trinajstić information content (AvgIpc) is 2.39. The molecule has 0 aromatic carbocycles. The molecular weight excluding hydrogens is 266 g/mol. The van der Waals surface area contributed by atoms with Gasteiger partial charge in [0, 0.05) is 0 Å². The monoisotopic (exact) mass is 277 g/mol. The molecule has 4 nitrogen and oxygen atoms in total. The van der Waals surface area contributed by atoms with E-state index in [1.54, 1.807) is 5.32 Å². The van der Waals surface area contributed by atoms with E-state index in [0.717, 1.165) is 0 Å². The molecule has 1 N–H and O–H groups in total. The number of hydrogen-bond acceptors (Lipinski definition) is 3. The summed E-state index contributed by atoms with van der Waals surface area (Å²) < 4.78 is 71.3. The lowest BCUT2D eigenvalue weighted by Crippen LogP contribution is -2.55. The lowest BCUT2D eigenvalue weighted by Gasteiger charge is -2.26. The van der Waals surface area contributed by atoms with Crippen molar-refractivity contribution in [1.29, 1.82) is 0 Å². The maximum Gasteiger partial charge on any atom is 0.383 e. The molecule has 0 spiro atoms. The highest BCUT2D eigenvalue weighted by molar-refractivity contribution is 7.91. The van der Waals surface area contributed by atoms with Crippen LogP contribution in [0.1, 0.15) is 13.3 Å². The molecule has 9 heteroatoms. The number of nitrogens with one attached hydrogen (secondary N) is 1. The fraction of sp³-hybridized carbons (Fsp3) is 0.875. The van der Waals surface area contributed by atoms with E-state index in [1.165, 1.54) is 6.92 Å². The molecule has 0 bridgehead atoms. The van der Waals surface area contributed by atoms with Gasteiger partial charge >= 0.3 is 12.3 Å². The number of carbonyl (C=O) groups is 1. The molecule has 1 heterocycles. The maximum absolute atomic E-state index is 12.6. The van der Waals surface area contributed by atoms with Gasteiger partial charge in [0.25, 0.3) is 5.91 Å². The summed E-state index contributed by atoms with van der Waals surface area (Å²) >= 11 is 0. The third kappa shape index (κ3) is 3.08. The number of alkyl halides is 4. The highest BCUT2D eigenvalue weighted by Gasteiger charge is 2.52. The minimum absolute atomic E-state index is 0.0691. The van der Waals surface area contributed by atoms with Gasteiger partial charge in [0.15, 0.2) is 9.84 Å². The summed E-state index contributed by atoms with van der Waals surface area (Å²) in [6, 6.07) is 0. The quantitative estimate of drug-likeness (QED) is 0.768. The van der Waals surface area contributed by atoms with Gasteiger partial charge in [-0.3, -0.25) is 4.79 Å².